The fourth-order valence-corrected chi connectivity index (χ4v) is 2.11. The second-order valence-corrected chi connectivity index (χ2v) is 4.79. The fraction of sp³-hybridized carbons (Fsp3) is 0. The lowest BCUT2D eigenvalue weighted by atomic mass is 10.2. The minimum Gasteiger partial charge on any atom is -0.329 e. The third-order valence-electron chi connectivity index (χ3n) is 1.97. The van der Waals surface area contributed by atoms with Gasteiger partial charge >= 0.3 is 0 Å². The Balaban J connectivity index is 2.24. The first-order valence-electron chi connectivity index (χ1n) is 4.74. The maximum absolute atomic E-state index is 11.8. The predicted octanol–water partition coefficient (Wildman–Crippen LogP) is 1.94. The summed E-state index contributed by atoms with van der Waals surface area (Å²) in [5.74, 6) is -0.151. The normalized spacial score (nSPS) is 10.1. The first-order chi connectivity index (χ1) is 8.56. The molecule has 0 bridgehead atoms. The number of aromatic nitrogens is 3. The Morgan fingerprint density at radius 1 is 1.39 bits per heavy atom. The third kappa shape index (κ3) is 3.02. The number of aromatic amines is 1. The van der Waals surface area contributed by atoms with Crippen LogP contribution in [0.3, 0.4) is 0 Å². The summed E-state index contributed by atoms with van der Waals surface area (Å²) in [6.07, 6.45) is 2.86. The number of nitrogens with one attached hydrogen (secondary N) is 2. The van der Waals surface area contributed by atoms with Crippen molar-refractivity contribution in [2.75, 3.05) is 5.32 Å². The molecule has 2 N–H and O–H groups in total. The van der Waals surface area contributed by atoms with Gasteiger partial charge in [-0.1, -0.05) is 0 Å². The van der Waals surface area contributed by atoms with Gasteiger partial charge in [-0.15, -0.1) is 0 Å². The molecule has 0 unspecified atom stereocenters. The van der Waals surface area contributed by atoms with E-state index in [0.29, 0.717) is 9.21 Å². The maximum atomic E-state index is 11.8. The molecule has 0 saturated carbocycles. The standard InChI is InChI=1S/C10H6Br2N4O2/c11-6-4-14-9(8(12)15-6)16-10(18)5-1-2-13-7(17)3-5/h1-4H,(H,13,17)(H,14,16,18). The number of H-pyrrole nitrogens is 1. The molecule has 2 aromatic heterocycles. The number of nitrogens with zero attached hydrogens (tertiary/aromatic N) is 2. The molecule has 0 fully saturated rings. The molecular formula is C10H6Br2N4O2. The number of carbonyl (C=O) groups is 1. The number of hydrogen-bond acceptors (Lipinski definition) is 4. The Morgan fingerprint density at radius 2 is 2.17 bits per heavy atom. The monoisotopic (exact) mass is 372 g/mol. The largest absolute Gasteiger partial charge is 0.329 e. The van der Waals surface area contributed by atoms with Crippen molar-refractivity contribution < 1.29 is 4.79 Å². The molecule has 0 aromatic carbocycles. The molecule has 2 rings (SSSR count). The van der Waals surface area contributed by atoms with Crippen LogP contribution in [0.1, 0.15) is 10.4 Å². The summed E-state index contributed by atoms with van der Waals surface area (Å²) in [6.45, 7) is 0. The van der Waals surface area contributed by atoms with Crippen LogP contribution in [0.15, 0.2) is 38.5 Å². The predicted molar refractivity (Wildman–Crippen MR) is 72.4 cm³/mol. The van der Waals surface area contributed by atoms with Gasteiger partial charge in [-0.05, 0) is 37.9 Å². The molecule has 0 aliphatic heterocycles. The Morgan fingerprint density at radius 3 is 2.83 bits per heavy atom. The van der Waals surface area contributed by atoms with Crippen molar-refractivity contribution in [1.29, 1.82) is 0 Å². The van der Waals surface area contributed by atoms with E-state index < -0.39 is 5.91 Å². The van der Waals surface area contributed by atoms with Crippen molar-refractivity contribution in [3.63, 3.8) is 0 Å². The summed E-state index contributed by atoms with van der Waals surface area (Å²) >= 11 is 6.33. The molecule has 0 spiro atoms. The van der Waals surface area contributed by atoms with Gasteiger partial charge in [-0.25, -0.2) is 9.97 Å². The van der Waals surface area contributed by atoms with E-state index in [0.717, 1.165) is 0 Å². The molecule has 0 atom stereocenters. The lowest BCUT2D eigenvalue weighted by Gasteiger charge is -2.05. The van der Waals surface area contributed by atoms with Gasteiger partial charge < -0.3 is 10.3 Å². The molecule has 0 aliphatic rings. The number of halogens is 2. The van der Waals surface area contributed by atoms with Gasteiger partial charge in [0.1, 0.15) is 9.21 Å². The molecule has 0 saturated heterocycles. The zero-order valence-corrected chi connectivity index (χ0v) is 11.9. The van der Waals surface area contributed by atoms with Crippen LogP contribution in [0.4, 0.5) is 5.82 Å². The molecule has 2 aromatic rings. The van der Waals surface area contributed by atoms with Crippen LogP contribution in [-0.2, 0) is 0 Å². The Kier molecular flexibility index (Phi) is 3.87. The van der Waals surface area contributed by atoms with Crippen molar-refractivity contribution in [2.24, 2.45) is 0 Å². The van der Waals surface area contributed by atoms with E-state index in [1.807, 2.05) is 0 Å². The van der Waals surface area contributed by atoms with E-state index in [9.17, 15) is 9.59 Å². The maximum Gasteiger partial charge on any atom is 0.257 e. The van der Waals surface area contributed by atoms with Crippen molar-refractivity contribution in [1.82, 2.24) is 15.0 Å². The topological polar surface area (TPSA) is 87.7 Å². The van der Waals surface area contributed by atoms with E-state index >= 15 is 0 Å². The Bertz CT molecular complexity index is 656. The summed E-state index contributed by atoms with van der Waals surface area (Å²) in [6, 6.07) is 2.70. The molecule has 0 radical (unpaired) electrons. The summed E-state index contributed by atoms with van der Waals surface area (Å²) in [5.41, 5.74) is -0.0982. The van der Waals surface area contributed by atoms with E-state index in [4.69, 9.17) is 0 Å². The summed E-state index contributed by atoms with van der Waals surface area (Å²) < 4.78 is 0.943. The fourth-order valence-electron chi connectivity index (χ4n) is 1.20. The van der Waals surface area contributed by atoms with Crippen LogP contribution >= 0.6 is 31.9 Å². The third-order valence-corrected chi connectivity index (χ3v) is 2.90. The summed E-state index contributed by atoms with van der Waals surface area (Å²) in [5, 5.41) is 2.55. The van der Waals surface area contributed by atoms with E-state index in [-0.39, 0.29) is 16.9 Å². The Hall–Kier alpha value is -1.54. The van der Waals surface area contributed by atoms with Crippen LogP contribution < -0.4 is 10.9 Å². The number of anilines is 1. The van der Waals surface area contributed by atoms with Crippen LogP contribution in [0.5, 0.6) is 0 Å². The molecule has 2 heterocycles. The number of rotatable bonds is 2. The van der Waals surface area contributed by atoms with Crippen molar-refractivity contribution in [3.05, 3.63) is 49.7 Å². The quantitative estimate of drug-likeness (QED) is 0.842. The Labute approximate surface area is 118 Å². The first-order valence-corrected chi connectivity index (χ1v) is 6.33. The highest BCUT2D eigenvalue weighted by molar-refractivity contribution is 9.11. The molecule has 18 heavy (non-hydrogen) atoms. The van der Waals surface area contributed by atoms with E-state index in [1.165, 1.54) is 24.5 Å². The first kappa shape index (κ1) is 12.9. The average molecular weight is 374 g/mol. The molecule has 0 aliphatic carbocycles. The van der Waals surface area contributed by atoms with Crippen LogP contribution in [0, 0.1) is 0 Å². The minimum absolute atomic E-state index is 0.246. The van der Waals surface area contributed by atoms with Crippen LogP contribution in [-0.4, -0.2) is 20.9 Å². The lowest BCUT2D eigenvalue weighted by Crippen LogP contribution is -2.16. The van der Waals surface area contributed by atoms with Gasteiger partial charge in [-0.3, -0.25) is 9.59 Å². The number of pyridine rings is 1. The highest BCUT2D eigenvalue weighted by Crippen LogP contribution is 2.19. The number of hydrogen-bond donors (Lipinski definition) is 2. The minimum atomic E-state index is -0.432. The highest BCUT2D eigenvalue weighted by Gasteiger charge is 2.10. The van der Waals surface area contributed by atoms with Crippen molar-refractivity contribution >= 4 is 43.6 Å². The zero-order valence-electron chi connectivity index (χ0n) is 8.78. The number of carbonyl (C=O) groups excluding carboxylic acids is 1. The van der Waals surface area contributed by atoms with Gasteiger partial charge in [0, 0.05) is 17.8 Å². The molecular weight excluding hydrogens is 368 g/mol. The molecule has 6 nitrogen and oxygen atoms in total. The van der Waals surface area contributed by atoms with E-state index in [2.05, 4.69) is 52.1 Å². The van der Waals surface area contributed by atoms with Crippen molar-refractivity contribution in [3.8, 4) is 0 Å². The highest BCUT2D eigenvalue weighted by atomic mass is 79.9. The van der Waals surface area contributed by atoms with Crippen LogP contribution in [0.25, 0.3) is 0 Å². The van der Waals surface area contributed by atoms with Crippen LogP contribution in [0.2, 0.25) is 0 Å². The SMILES string of the molecule is O=C(Nc1ncc(Br)nc1Br)c1cc[nH]c(=O)c1. The van der Waals surface area contributed by atoms with Gasteiger partial charge in [0.2, 0.25) is 5.56 Å². The summed E-state index contributed by atoms with van der Waals surface area (Å²) in [7, 11) is 0. The number of amides is 1. The van der Waals surface area contributed by atoms with E-state index in [1.54, 1.807) is 0 Å². The molecule has 8 heteroatoms. The van der Waals surface area contributed by atoms with Gasteiger partial charge in [0.25, 0.3) is 5.91 Å². The van der Waals surface area contributed by atoms with Crippen molar-refractivity contribution in [2.45, 2.75) is 0 Å². The van der Waals surface area contributed by atoms with Gasteiger partial charge in [-0.2, -0.15) is 0 Å². The summed E-state index contributed by atoms with van der Waals surface area (Å²) in [4.78, 5) is 33.4. The smallest absolute Gasteiger partial charge is 0.257 e. The van der Waals surface area contributed by atoms with Gasteiger partial charge in [0.05, 0.1) is 6.20 Å². The second kappa shape index (κ2) is 5.40. The second-order valence-electron chi connectivity index (χ2n) is 3.23. The van der Waals surface area contributed by atoms with Gasteiger partial charge in [0.15, 0.2) is 5.82 Å². The average Bonchev–Trinajstić information content (AvgIpc) is 2.32. The lowest BCUT2D eigenvalue weighted by molar-refractivity contribution is 0.102. The molecule has 1 amide bonds. The zero-order chi connectivity index (χ0) is 13.1. The molecule has 92 valence electrons.